The quantitative estimate of drug-likeness (QED) is 0.312. The van der Waals surface area contributed by atoms with Crippen LogP contribution in [0.15, 0.2) is 70.0 Å². The molecule has 4 heterocycles. The van der Waals surface area contributed by atoms with Gasteiger partial charge in [-0.1, -0.05) is 28.5 Å². The SMILES string of the molecule is CC(=O)Oc1cc(CC(=O)Nc2ccnc(-c3cc(-c4ccon4)n(Cc4ccccc4F)n3)n2)no1. The Hall–Kier alpha value is -5.20. The highest BCUT2D eigenvalue weighted by atomic mass is 19.1. The van der Waals surface area contributed by atoms with E-state index in [0.29, 0.717) is 22.6 Å². The van der Waals surface area contributed by atoms with Crippen LogP contribution in [0.2, 0.25) is 0 Å². The summed E-state index contributed by atoms with van der Waals surface area (Å²) in [5, 5.41) is 14.9. The van der Waals surface area contributed by atoms with E-state index < -0.39 is 11.9 Å². The first-order valence-electron chi connectivity index (χ1n) is 10.9. The highest BCUT2D eigenvalue weighted by molar-refractivity contribution is 5.91. The van der Waals surface area contributed by atoms with Gasteiger partial charge in [-0.15, -0.1) is 0 Å². The zero-order valence-corrected chi connectivity index (χ0v) is 19.3. The molecule has 1 N–H and O–H groups in total. The molecule has 0 aliphatic carbocycles. The van der Waals surface area contributed by atoms with Crippen LogP contribution in [-0.2, 0) is 22.6 Å². The van der Waals surface area contributed by atoms with Crippen LogP contribution in [0.1, 0.15) is 18.2 Å². The lowest BCUT2D eigenvalue weighted by molar-refractivity contribution is -0.133. The second-order valence-electron chi connectivity index (χ2n) is 7.77. The van der Waals surface area contributed by atoms with Crippen molar-refractivity contribution in [3.8, 4) is 28.9 Å². The number of esters is 1. The Bertz CT molecular complexity index is 1560. The zero-order chi connectivity index (χ0) is 25.8. The van der Waals surface area contributed by atoms with Gasteiger partial charge in [-0.25, -0.2) is 14.4 Å². The van der Waals surface area contributed by atoms with Crippen molar-refractivity contribution in [2.45, 2.75) is 19.9 Å². The predicted molar refractivity (Wildman–Crippen MR) is 124 cm³/mol. The minimum absolute atomic E-state index is 0.103. The minimum Gasteiger partial charge on any atom is -0.391 e. The van der Waals surface area contributed by atoms with Gasteiger partial charge in [0.15, 0.2) is 5.82 Å². The van der Waals surface area contributed by atoms with Crippen LogP contribution in [0.5, 0.6) is 5.95 Å². The van der Waals surface area contributed by atoms with Crippen molar-refractivity contribution < 1.29 is 27.8 Å². The molecule has 0 aliphatic rings. The molecule has 5 aromatic rings. The van der Waals surface area contributed by atoms with Gasteiger partial charge in [0.1, 0.15) is 29.3 Å². The maximum atomic E-state index is 14.3. The number of halogens is 1. The lowest BCUT2D eigenvalue weighted by Crippen LogP contribution is -2.15. The molecule has 12 nitrogen and oxygen atoms in total. The number of ether oxygens (including phenoxy) is 1. The fourth-order valence-electron chi connectivity index (χ4n) is 3.45. The number of benzene rings is 1. The average Bonchev–Trinajstić information content (AvgIpc) is 3.62. The molecular weight excluding hydrogens is 485 g/mol. The van der Waals surface area contributed by atoms with Crippen molar-refractivity contribution in [1.82, 2.24) is 30.1 Å². The molecule has 4 aromatic heterocycles. The van der Waals surface area contributed by atoms with Crippen LogP contribution >= 0.6 is 0 Å². The zero-order valence-electron chi connectivity index (χ0n) is 19.3. The number of rotatable bonds is 8. The molecule has 1 amide bonds. The van der Waals surface area contributed by atoms with E-state index >= 15 is 0 Å². The number of hydrogen-bond acceptors (Lipinski definition) is 10. The van der Waals surface area contributed by atoms with Crippen molar-refractivity contribution in [1.29, 1.82) is 0 Å². The number of nitrogens with one attached hydrogen (secondary N) is 1. The fraction of sp³-hybridized carbons (Fsp3) is 0.125. The van der Waals surface area contributed by atoms with Crippen LogP contribution in [0.3, 0.4) is 0 Å². The van der Waals surface area contributed by atoms with Crippen molar-refractivity contribution in [2.75, 3.05) is 5.32 Å². The van der Waals surface area contributed by atoms with Crippen molar-refractivity contribution >= 4 is 17.7 Å². The summed E-state index contributed by atoms with van der Waals surface area (Å²) in [6, 6.07) is 12.6. The van der Waals surface area contributed by atoms with Gasteiger partial charge in [-0.2, -0.15) is 5.10 Å². The molecule has 0 radical (unpaired) electrons. The number of hydrogen-bond donors (Lipinski definition) is 1. The van der Waals surface area contributed by atoms with E-state index in [9.17, 15) is 14.0 Å². The Morgan fingerprint density at radius 2 is 1.97 bits per heavy atom. The number of carbonyl (C=O) groups excluding carboxylic acids is 2. The smallest absolute Gasteiger partial charge is 0.319 e. The summed E-state index contributed by atoms with van der Waals surface area (Å²) in [7, 11) is 0. The van der Waals surface area contributed by atoms with Gasteiger partial charge in [-0.3, -0.25) is 14.3 Å². The molecule has 5 rings (SSSR count). The number of anilines is 1. The van der Waals surface area contributed by atoms with Gasteiger partial charge in [0.05, 0.1) is 24.4 Å². The number of amides is 1. The van der Waals surface area contributed by atoms with E-state index in [1.165, 1.54) is 37.6 Å². The third-order valence-electron chi connectivity index (χ3n) is 5.03. The normalized spacial score (nSPS) is 10.9. The summed E-state index contributed by atoms with van der Waals surface area (Å²) in [5.41, 5.74) is 2.16. The van der Waals surface area contributed by atoms with E-state index in [1.807, 2.05) is 0 Å². The maximum absolute atomic E-state index is 14.3. The van der Waals surface area contributed by atoms with Gasteiger partial charge >= 0.3 is 11.9 Å². The molecule has 37 heavy (non-hydrogen) atoms. The molecular formula is C24H18FN7O5. The molecule has 186 valence electrons. The fourth-order valence-corrected chi connectivity index (χ4v) is 3.45. The Labute approximate surface area is 208 Å². The third kappa shape index (κ3) is 5.56. The van der Waals surface area contributed by atoms with Crippen LogP contribution < -0.4 is 10.1 Å². The molecule has 0 saturated heterocycles. The monoisotopic (exact) mass is 503 g/mol. The summed E-state index contributed by atoms with van der Waals surface area (Å²) >= 11 is 0. The molecule has 0 aliphatic heterocycles. The first-order valence-corrected chi connectivity index (χ1v) is 10.9. The summed E-state index contributed by atoms with van der Waals surface area (Å²) in [5.74, 6) is -1.00. The minimum atomic E-state index is -0.566. The van der Waals surface area contributed by atoms with Crippen LogP contribution in [0.4, 0.5) is 10.2 Å². The molecule has 0 saturated carbocycles. The molecule has 0 atom stereocenters. The topological polar surface area (TPSA) is 151 Å². The highest BCUT2D eigenvalue weighted by Crippen LogP contribution is 2.25. The first-order chi connectivity index (χ1) is 17.9. The maximum Gasteiger partial charge on any atom is 0.319 e. The van der Waals surface area contributed by atoms with E-state index in [2.05, 4.69) is 30.7 Å². The number of nitrogens with zero attached hydrogens (tertiary/aromatic N) is 6. The van der Waals surface area contributed by atoms with Gasteiger partial charge in [0.2, 0.25) is 5.91 Å². The standard InChI is InChI=1S/C24H18FN7O5/c1-14(33)36-23-11-16(30-37-23)10-22(34)27-21-6-8-26-24(28-21)19-12-20(18-7-9-35-31-18)32(29-19)13-15-4-2-3-5-17(15)25/h2-9,11-12H,10,13H2,1H3,(H,26,27,28,34). The van der Waals surface area contributed by atoms with Crippen molar-refractivity contribution in [3.63, 3.8) is 0 Å². The van der Waals surface area contributed by atoms with Crippen LogP contribution in [0.25, 0.3) is 22.9 Å². The van der Waals surface area contributed by atoms with E-state index in [0.717, 1.165) is 0 Å². The first kappa shape index (κ1) is 23.5. The average molecular weight is 503 g/mol. The van der Waals surface area contributed by atoms with E-state index in [-0.39, 0.29) is 42.1 Å². The summed E-state index contributed by atoms with van der Waals surface area (Å²) in [6.45, 7) is 1.36. The largest absolute Gasteiger partial charge is 0.391 e. The third-order valence-corrected chi connectivity index (χ3v) is 5.03. The van der Waals surface area contributed by atoms with Crippen molar-refractivity contribution in [3.05, 3.63) is 78.1 Å². The van der Waals surface area contributed by atoms with Gasteiger partial charge in [-0.05, 0) is 18.2 Å². The lowest BCUT2D eigenvalue weighted by Gasteiger charge is -2.06. The summed E-state index contributed by atoms with van der Waals surface area (Å²) in [6.07, 6.45) is 2.75. The molecule has 0 spiro atoms. The Morgan fingerprint density at radius 1 is 1.11 bits per heavy atom. The van der Waals surface area contributed by atoms with Gasteiger partial charge in [0.25, 0.3) is 0 Å². The highest BCUT2D eigenvalue weighted by Gasteiger charge is 2.18. The molecule has 0 unspecified atom stereocenters. The van der Waals surface area contributed by atoms with E-state index in [1.54, 1.807) is 35.0 Å². The molecule has 1 aromatic carbocycles. The Kier molecular flexibility index (Phi) is 6.48. The second kappa shape index (κ2) is 10.2. The molecule has 0 bridgehead atoms. The lowest BCUT2D eigenvalue weighted by atomic mass is 10.2. The van der Waals surface area contributed by atoms with Crippen LogP contribution in [-0.4, -0.2) is 41.9 Å². The molecule has 13 heteroatoms. The second-order valence-corrected chi connectivity index (χ2v) is 7.77. The number of carbonyl (C=O) groups is 2. The molecule has 0 fully saturated rings. The Morgan fingerprint density at radius 3 is 2.76 bits per heavy atom. The predicted octanol–water partition coefficient (Wildman–Crippen LogP) is 3.28. The van der Waals surface area contributed by atoms with Crippen LogP contribution in [0, 0.1) is 5.82 Å². The van der Waals surface area contributed by atoms with Gasteiger partial charge < -0.3 is 19.1 Å². The summed E-state index contributed by atoms with van der Waals surface area (Å²) < 4.78 is 30.5. The number of aromatic nitrogens is 6. The van der Waals surface area contributed by atoms with E-state index in [4.69, 9.17) is 13.8 Å². The summed E-state index contributed by atoms with van der Waals surface area (Å²) in [4.78, 5) is 32.1. The Balaban J connectivity index is 1.36. The van der Waals surface area contributed by atoms with Gasteiger partial charge in [0, 0.05) is 30.8 Å². The van der Waals surface area contributed by atoms with Crippen molar-refractivity contribution in [2.24, 2.45) is 0 Å².